The summed E-state index contributed by atoms with van der Waals surface area (Å²) in [4.78, 5) is 0. The van der Waals surface area contributed by atoms with Crippen molar-refractivity contribution in [3.8, 4) is 5.82 Å². The van der Waals surface area contributed by atoms with E-state index in [1.807, 2.05) is 0 Å². The molecule has 0 saturated heterocycles. The standard InChI is InChI=1S/C17H26N3/c1-11-9-15(17(5,6)7)19(8)16(10-11)20-14(4)12(2)13(3)18-20/h9-10H,1-8H3/q+1. The number of aryl methyl sites for hydroxylation is 2. The van der Waals surface area contributed by atoms with Crippen molar-refractivity contribution >= 4 is 0 Å². The molecule has 0 aliphatic heterocycles. The molecule has 2 aromatic heterocycles. The average molecular weight is 272 g/mol. The topological polar surface area (TPSA) is 21.7 Å². The van der Waals surface area contributed by atoms with E-state index >= 15 is 0 Å². The Morgan fingerprint density at radius 3 is 2.10 bits per heavy atom. The average Bonchev–Trinajstić information content (AvgIpc) is 2.58. The van der Waals surface area contributed by atoms with E-state index in [0.29, 0.717) is 0 Å². The Bertz CT molecular complexity index is 658. The third-order valence-electron chi connectivity index (χ3n) is 4.06. The molecule has 2 aromatic rings. The number of hydrogen-bond acceptors (Lipinski definition) is 1. The predicted octanol–water partition coefficient (Wildman–Crippen LogP) is 3.23. The van der Waals surface area contributed by atoms with Crippen molar-refractivity contribution in [1.82, 2.24) is 9.78 Å². The zero-order chi connectivity index (χ0) is 15.2. The Hall–Kier alpha value is -1.64. The van der Waals surface area contributed by atoms with Crippen molar-refractivity contribution in [3.63, 3.8) is 0 Å². The summed E-state index contributed by atoms with van der Waals surface area (Å²) in [6.45, 7) is 15.2. The number of hydrogen-bond donors (Lipinski definition) is 0. The minimum absolute atomic E-state index is 0.112. The molecular formula is C17H26N3+. The largest absolute Gasteiger partial charge is 0.307 e. The lowest BCUT2D eigenvalue weighted by molar-refractivity contribution is -0.677. The first-order valence-electron chi connectivity index (χ1n) is 7.17. The van der Waals surface area contributed by atoms with Crippen molar-refractivity contribution in [1.29, 1.82) is 0 Å². The minimum atomic E-state index is 0.112. The molecule has 0 saturated carbocycles. The number of nitrogens with zero attached hydrogens (tertiary/aromatic N) is 3. The fourth-order valence-corrected chi connectivity index (χ4v) is 2.64. The monoisotopic (exact) mass is 272 g/mol. The maximum Gasteiger partial charge on any atom is 0.307 e. The summed E-state index contributed by atoms with van der Waals surface area (Å²) >= 11 is 0. The summed E-state index contributed by atoms with van der Waals surface area (Å²) in [6.07, 6.45) is 0. The van der Waals surface area contributed by atoms with E-state index in [-0.39, 0.29) is 5.41 Å². The van der Waals surface area contributed by atoms with Crippen molar-refractivity contribution in [2.45, 2.75) is 53.9 Å². The van der Waals surface area contributed by atoms with Crippen LogP contribution < -0.4 is 4.57 Å². The minimum Gasteiger partial charge on any atom is -0.232 e. The molecule has 0 aliphatic carbocycles. The highest BCUT2D eigenvalue weighted by molar-refractivity contribution is 5.32. The summed E-state index contributed by atoms with van der Waals surface area (Å²) in [7, 11) is 2.13. The van der Waals surface area contributed by atoms with Crippen LogP contribution in [0.3, 0.4) is 0 Å². The van der Waals surface area contributed by atoms with E-state index in [9.17, 15) is 0 Å². The van der Waals surface area contributed by atoms with Gasteiger partial charge in [-0.05, 0) is 32.4 Å². The van der Waals surface area contributed by atoms with Crippen LogP contribution in [0.15, 0.2) is 12.1 Å². The van der Waals surface area contributed by atoms with E-state index in [1.54, 1.807) is 0 Å². The lowest BCUT2D eigenvalue weighted by Gasteiger charge is -2.20. The first-order chi connectivity index (χ1) is 9.12. The molecular weight excluding hydrogens is 246 g/mol. The van der Waals surface area contributed by atoms with Crippen LogP contribution in [0.2, 0.25) is 0 Å². The first-order valence-corrected chi connectivity index (χ1v) is 7.17. The van der Waals surface area contributed by atoms with Gasteiger partial charge in [-0.15, -0.1) is 4.68 Å². The molecule has 0 N–H and O–H groups in total. The van der Waals surface area contributed by atoms with E-state index in [2.05, 4.69) is 76.9 Å². The van der Waals surface area contributed by atoms with E-state index in [4.69, 9.17) is 5.10 Å². The van der Waals surface area contributed by atoms with Gasteiger partial charge < -0.3 is 0 Å². The van der Waals surface area contributed by atoms with Gasteiger partial charge in [-0.3, -0.25) is 0 Å². The Labute approximate surface area is 122 Å². The van der Waals surface area contributed by atoms with E-state index in [1.165, 1.54) is 22.5 Å². The lowest BCUT2D eigenvalue weighted by atomic mass is 9.90. The second kappa shape index (κ2) is 4.72. The smallest absolute Gasteiger partial charge is 0.232 e. The molecule has 0 amide bonds. The highest BCUT2D eigenvalue weighted by Gasteiger charge is 2.26. The maximum atomic E-state index is 4.70. The summed E-state index contributed by atoms with van der Waals surface area (Å²) in [5, 5.41) is 4.70. The van der Waals surface area contributed by atoms with Crippen LogP contribution in [0, 0.1) is 27.7 Å². The Morgan fingerprint density at radius 1 is 1.05 bits per heavy atom. The molecule has 108 valence electrons. The predicted molar refractivity (Wildman–Crippen MR) is 82.4 cm³/mol. The summed E-state index contributed by atoms with van der Waals surface area (Å²) in [5.41, 5.74) is 6.28. The molecule has 3 nitrogen and oxygen atoms in total. The van der Waals surface area contributed by atoms with Gasteiger partial charge >= 0.3 is 5.82 Å². The van der Waals surface area contributed by atoms with Gasteiger partial charge in [0.25, 0.3) is 0 Å². The fraction of sp³-hybridized carbons (Fsp3) is 0.529. The van der Waals surface area contributed by atoms with Gasteiger partial charge in [0.2, 0.25) is 0 Å². The highest BCUT2D eigenvalue weighted by Crippen LogP contribution is 2.22. The van der Waals surface area contributed by atoms with Gasteiger partial charge in [-0.2, -0.15) is 0 Å². The van der Waals surface area contributed by atoms with Crippen molar-refractivity contribution in [2.24, 2.45) is 7.05 Å². The Kier molecular flexibility index (Phi) is 3.49. The number of pyridine rings is 1. The van der Waals surface area contributed by atoms with E-state index < -0.39 is 0 Å². The van der Waals surface area contributed by atoms with Crippen LogP contribution in [0.4, 0.5) is 0 Å². The maximum absolute atomic E-state index is 4.70. The molecule has 20 heavy (non-hydrogen) atoms. The van der Waals surface area contributed by atoms with Gasteiger partial charge in [-0.1, -0.05) is 25.9 Å². The molecule has 0 atom stereocenters. The summed E-state index contributed by atoms with van der Waals surface area (Å²) < 4.78 is 4.32. The third kappa shape index (κ3) is 2.37. The molecule has 0 aliphatic rings. The van der Waals surface area contributed by atoms with E-state index in [0.717, 1.165) is 11.5 Å². The van der Waals surface area contributed by atoms with Crippen LogP contribution in [0.1, 0.15) is 49.0 Å². The zero-order valence-electron chi connectivity index (χ0n) is 14.0. The second-order valence-corrected chi connectivity index (χ2v) is 6.79. The number of aromatic nitrogens is 3. The zero-order valence-corrected chi connectivity index (χ0v) is 14.0. The molecule has 2 rings (SSSR count). The van der Waals surface area contributed by atoms with Gasteiger partial charge in [0.15, 0.2) is 0 Å². The quantitative estimate of drug-likeness (QED) is 0.730. The third-order valence-corrected chi connectivity index (χ3v) is 4.06. The van der Waals surface area contributed by atoms with Crippen LogP contribution in [-0.2, 0) is 12.5 Å². The molecule has 3 heteroatoms. The Balaban J connectivity index is 2.75. The SMILES string of the molecule is Cc1cc(-n2nc(C)c(C)c2C)[n+](C)c(C(C)(C)C)c1. The molecule has 0 fully saturated rings. The van der Waals surface area contributed by atoms with Gasteiger partial charge in [0.05, 0.1) is 12.7 Å². The Morgan fingerprint density at radius 2 is 1.65 bits per heavy atom. The molecule has 0 aromatic carbocycles. The van der Waals surface area contributed by atoms with Crippen molar-refractivity contribution in [3.05, 3.63) is 40.3 Å². The number of rotatable bonds is 1. The normalized spacial score (nSPS) is 12.0. The first kappa shape index (κ1) is 14.8. The molecule has 0 unspecified atom stereocenters. The van der Waals surface area contributed by atoms with Gasteiger partial charge in [0, 0.05) is 24.0 Å². The van der Waals surface area contributed by atoms with Gasteiger partial charge in [0.1, 0.15) is 11.4 Å². The molecule has 2 heterocycles. The van der Waals surface area contributed by atoms with Crippen LogP contribution in [-0.4, -0.2) is 9.78 Å². The van der Waals surface area contributed by atoms with Crippen molar-refractivity contribution < 1.29 is 4.57 Å². The van der Waals surface area contributed by atoms with Crippen LogP contribution in [0.25, 0.3) is 5.82 Å². The van der Waals surface area contributed by atoms with Crippen molar-refractivity contribution in [2.75, 3.05) is 0 Å². The molecule has 0 radical (unpaired) electrons. The second-order valence-electron chi connectivity index (χ2n) is 6.79. The van der Waals surface area contributed by atoms with Crippen LogP contribution in [0.5, 0.6) is 0 Å². The van der Waals surface area contributed by atoms with Crippen LogP contribution >= 0.6 is 0 Å². The highest BCUT2D eigenvalue weighted by atomic mass is 15.3. The summed E-state index contributed by atoms with van der Waals surface area (Å²) in [6, 6.07) is 4.47. The lowest BCUT2D eigenvalue weighted by Crippen LogP contribution is -2.43. The van der Waals surface area contributed by atoms with Gasteiger partial charge in [-0.25, -0.2) is 4.57 Å². The molecule has 0 bridgehead atoms. The fourth-order valence-electron chi connectivity index (χ4n) is 2.64. The summed E-state index contributed by atoms with van der Waals surface area (Å²) in [5.74, 6) is 1.13. The molecule has 0 spiro atoms.